The van der Waals surface area contributed by atoms with E-state index in [2.05, 4.69) is 0 Å². The molecule has 1 aliphatic heterocycles. The Hall–Kier alpha value is -3.38. The summed E-state index contributed by atoms with van der Waals surface area (Å²) in [6, 6.07) is 17.4. The van der Waals surface area contributed by atoms with Gasteiger partial charge in [-0.05, 0) is 74.2 Å². The highest BCUT2D eigenvalue weighted by Crippen LogP contribution is 2.43. The molecule has 0 aliphatic carbocycles. The second-order valence-electron chi connectivity index (χ2n) is 7.71. The zero-order chi connectivity index (χ0) is 22.1. The predicted octanol–water partition coefficient (Wildman–Crippen LogP) is 5.47. The molecule has 0 saturated carbocycles. The summed E-state index contributed by atoms with van der Waals surface area (Å²) in [5, 5.41) is 13.0. The third-order valence-corrected chi connectivity index (χ3v) is 5.96. The molecule has 3 aromatic rings. The van der Waals surface area contributed by atoms with E-state index in [1.54, 1.807) is 30.3 Å². The lowest BCUT2D eigenvalue weighted by Crippen LogP contribution is -2.29. The zero-order valence-electron chi connectivity index (χ0n) is 17.5. The fourth-order valence-electron chi connectivity index (χ4n) is 3.71. The summed E-state index contributed by atoms with van der Waals surface area (Å²) in [5.41, 5.74) is 2.15. The number of aliphatic hydroxyl groups is 1. The number of nitrogens with zero attached hydrogens (tertiary/aromatic N) is 1. The van der Waals surface area contributed by atoms with Gasteiger partial charge in [-0.1, -0.05) is 18.2 Å². The number of ether oxygens (including phenoxy) is 1. The molecule has 4 rings (SSSR count). The number of amides is 1. The smallest absolute Gasteiger partial charge is 0.300 e. The first-order chi connectivity index (χ1) is 14.9. The first-order valence-electron chi connectivity index (χ1n) is 10.0. The summed E-state index contributed by atoms with van der Waals surface area (Å²) in [4.78, 5) is 28.4. The number of aryl methyl sites for hydroxylation is 1. The largest absolute Gasteiger partial charge is 0.507 e. The number of carbonyl (C=O) groups is 2. The molecule has 158 valence electrons. The van der Waals surface area contributed by atoms with Crippen molar-refractivity contribution >= 4 is 34.5 Å². The SMILES string of the molecule is Cc1cccc(N2C(=O)C(=O)/C(=C(\O)c3ccc(OC(C)C)cc3)C2c2cccs2)c1. The van der Waals surface area contributed by atoms with E-state index in [1.165, 1.54) is 16.2 Å². The van der Waals surface area contributed by atoms with Crippen molar-refractivity contribution in [3.05, 3.63) is 87.6 Å². The van der Waals surface area contributed by atoms with E-state index in [-0.39, 0.29) is 17.4 Å². The lowest BCUT2D eigenvalue weighted by molar-refractivity contribution is -0.132. The number of Topliss-reactive ketones (excluding diaryl/α,β-unsaturated/α-hetero) is 1. The topological polar surface area (TPSA) is 66.8 Å². The van der Waals surface area contributed by atoms with Crippen LogP contribution >= 0.6 is 11.3 Å². The number of hydrogen-bond acceptors (Lipinski definition) is 5. The van der Waals surface area contributed by atoms with Crippen LogP contribution in [0.1, 0.15) is 35.9 Å². The molecule has 2 heterocycles. The number of benzene rings is 2. The first kappa shape index (κ1) is 20.9. The summed E-state index contributed by atoms with van der Waals surface area (Å²) in [6.45, 7) is 5.80. The van der Waals surface area contributed by atoms with Gasteiger partial charge in [-0.25, -0.2) is 0 Å². The summed E-state index contributed by atoms with van der Waals surface area (Å²) >= 11 is 1.44. The van der Waals surface area contributed by atoms with Gasteiger partial charge in [0.05, 0.1) is 11.7 Å². The van der Waals surface area contributed by atoms with Crippen LogP contribution in [0.5, 0.6) is 5.75 Å². The third-order valence-electron chi connectivity index (χ3n) is 5.04. The lowest BCUT2D eigenvalue weighted by Gasteiger charge is -2.24. The van der Waals surface area contributed by atoms with Crippen molar-refractivity contribution in [1.29, 1.82) is 0 Å². The van der Waals surface area contributed by atoms with E-state index < -0.39 is 17.7 Å². The Balaban J connectivity index is 1.83. The van der Waals surface area contributed by atoms with Crippen molar-refractivity contribution in [1.82, 2.24) is 0 Å². The van der Waals surface area contributed by atoms with Gasteiger partial charge in [0.25, 0.3) is 11.7 Å². The molecule has 1 fully saturated rings. The van der Waals surface area contributed by atoms with Crippen LogP contribution in [0.25, 0.3) is 5.76 Å². The Labute approximate surface area is 185 Å². The molecule has 1 amide bonds. The Kier molecular flexibility index (Phi) is 5.65. The number of anilines is 1. The molecule has 31 heavy (non-hydrogen) atoms. The maximum absolute atomic E-state index is 13.1. The lowest BCUT2D eigenvalue weighted by atomic mass is 9.99. The molecule has 6 heteroatoms. The highest BCUT2D eigenvalue weighted by atomic mass is 32.1. The van der Waals surface area contributed by atoms with E-state index in [1.807, 2.05) is 56.5 Å². The van der Waals surface area contributed by atoms with Gasteiger partial charge >= 0.3 is 0 Å². The third kappa shape index (κ3) is 3.99. The van der Waals surface area contributed by atoms with Crippen molar-refractivity contribution < 1.29 is 19.4 Å². The van der Waals surface area contributed by atoms with Crippen molar-refractivity contribution in [2.75, 3.05) is 4.90 Å². The molecule has 0 bridgehead atoms. The van der Waals surface area contributed by atoms with Gasteiger partial charge in [-0.3, -0.25) is 14.5 Å². The van der Waals surface area contributed by atoms with Crippen molar-refractivity contribution in [3.8, 4) is 5.75 Å². The molecule has 1 N–H and O–H groups in total. The average Bonchev–Trinajstić information content (AvgIpc) is 3.35. The van der Waals surface area contributed by atoms with Gasteiger partial charge in [-0.2, -0.15) is 0 Å². The molecule has 0 radical (unpaired) electrons. The van der Waals surface area contributed by atoms with E-state index >= 15 is 0 Å². The fourth-order valence-corrected chi connectivity index (χ4v) is 4.54. The van der Waals surface area contributed by atoms with E-state index in [0.29, 0.717) is 17.0 Å². The quantitative estimate of drug-likeness (QED) is 0.329. The molecular formula is C25H23NO4S. The van der Waals surface area contributed by atoms with Gasteiger partial charge in [0.2, 0.25) is 0 Å². The number of hydrogen-bond donors (Lipinski definition) is 1. The summed E-state index contributed by atoms with van der Waals surface area (Å²) in [5.74, 6) is -0.866. The van der Waals surface area contributed by atoms with Gasteiger partial charge < -0.3 is 9.84 Å². The molecule has 2 aromatic carbocycles. The predicted molar refractivity (Wildman–Crippen MR) is 122 cm³/mol. The highest BCUT2D eigenvalue weighted by Gasteiger charge is 2.47. The number of aliphatic hydroxyl groups excluding tert-OH is 1. The van der Waals surface area contributed by atoms with Crippen LogP contribution in [0.15, 0.2) is 71.6 Å². The Morgan fingerprint density at radius 2 is 1.81 bits per heavy atom. The Bertz CT molecular complexity index is 1150. The van der Waals surface area contributed by atoms with Gasteiger partial charge in [0.15, 0.2) is 0 Å². The van der Waals surface area contributed by atoms with E-state index in [9.17, 15) is 14.7 Å². The molecule has 1 atom stereocenters. The molecule has 0 spiro atoms. The van der Waals surface area contributed by atoms with Crippen LogP contribution in [0.2, 0.25) is 0 Å². The Morgan fingerprint density at radius 3 is 2.42 bits per heavy atom. The molecule has 1 saturated heterocycles. The van der Waals surface area contributed by atoms with Crippen LogP contribution in [0, 0.1) is 6.92 Å². The number of rotatable bonds is 5. The highest BCUT2D eigenvalue weighted by molar-refractivity contribution is 7.10. The van der Waals surface area contributed by atoms with Crippen LogP contribution in [0.4, 0.5) is 5.69 Å². The summed E-state index contributed by atoms with van der Waals surface area (Å²) < 4.78 is 5.65. The number of ketones is 1. The molecule has 5 nitrogen and oxygen atoms in total. The Morgan fingerprint density at radius 1 is 1.06 bits per heavy atom. The second kappa shape index (κ2) is 8.40. The van der Waals surface area contributed by atoms with Crippen LogP contribution in [-0.4, -0.2) is 22.9 Å². The number of thiophene rings is 1. The summed E-state index contributed by atoms with van der Waals surface area (Å²) in [7, 11) is 0. The maximum Gasteiger partial charge on any atom is 0.300 e. The minimum Gasteiger partial charge on any atom is -0.507 e. The maximum atomic E-state index is 13.1. The standard InChI is InChI=1S/C25H23NO4S/c1-15(2)30-19-11-9-17(10-12-19)23(27)21-22(20-8-5-13-31-20)26(25(29)24(21)28)18-7-4-6-16(3)14-18/h4-15,22,27H,1-3H3/b23-21-. The first-order valence-corrected chi connectivity index (χ1v) is 10.9. The zero-order valence-corrected chi connectivity index (χ0v) is 18.3. The van der Waals surface area contributed by atoms with Gasteiger partial charge in [0, 0.05) is 16.1 Å². The minimum atomic E-state index is -0.695. The van der Waals surface area contributed by atoms with Crippen molar-refractivity contribution in [2.24, 2.45) is 0 Å². The fraction of sp³-hybridized carbons (Fsp3) is 0.200. The van der Waals surface area contributed by atoms with Crippen LogP contribution < -0.4 is 9.64 Å². The molecular weight excluding hydrogens is 410 g/mol. The van der Waals surface area contributed by atoms with E-state index in [4.69, 9.17) is 4.74 Å². The van der Waals surface area contributed by atoms with Gasteiger partial charge in [-0.15, -0.1) is 11.3 Å². The van der Waals surface area contributed by atoms with Crippen LogP contribution in [-0.2, 0) is 9.59 Å². The molecule has 1 unspecified atom stereocenters. The second-order valence-corrected chi connectivity index (χ2v) is 8.69. The normalized spacial score (nSPS) is 18.1. The van der Waals surface area contributed by atoms with E-state index in [0.717, 1.165) is 10.4 Å². The molecule has 1 aromatic heterocycles. The van der Waals surface area contributed by atoms with Crippen molar-refractivity contribution in [2.45, 2.75) is 32.9 Å². The number of carbonyl (C=O) groups excluding carboxylic acids is 2. The average molecular weight is 434 g/mol. The van der Waals surface area contributed by atoms with Gasteiger partial charge in [0.1, 0.15) is 17.6 Å². The monoisotopic (exact) mass is 433 g/mol. The van der Waals surface area contributed by atoms with Crippen LogP contribution in [0.3, 0.4) is 0 Å². The minimum absolute atomic E-state index is 0.0259. The summed E-state index contributed by atoms with van der Waals surface area (Å²) in [6.07, 6.45) is 0.0259. The van der Waals surface area contributed by atoms with Crippen molar-refractivity contribution in [3.63, 3.8) is 0 Å². The molecule has 1 aliphatic rings.